The molecule has 0 aromatic heterocycles. The van der Waals surface area contributed by atoms with Crippen LogP contribution in [-0.2, 0) is 5.41 Å². The van der Waals surface area contributed by atoms with Crippen molar-refractivity contribution < 1.29 is 50.7 Å². The average molecular weight is 677 g/mol. The molecule has 238 valence electrons. The van der Waals surface area contributed by atoms with Gasteiger partial charge in [-0.25, -0.2) is 0 Å². The molecule has 0 heterocycles. The molecule has 0 saturated carbocycles. The van der Waals surface area contributed by atoms with E-state index in [2.05, 4.69) is 0 Å². The first kappa shape index (κ1) is 10.2. The van der Waals surface area contributed by atoms with Crippen molar-refractivity contribution in [2.75, 3.05) is 4.90 Å². The third-order valence-electron chi connectivity index (χ3n) is 7.63. The van der Waals surface area contributed by atoms with Crippen LogP contribution in [0.3, 0.4) is 0 Å². The lowest BCUT2D eigenvalue weighted by Crippen LogP contribution is -2.24. The molecule has 0 amide bonds. The first-order valence-electron chi connectivity index (χ1n) is 32.9. The van der Waals surface area contributed by atoms with Gasteiger partial charge in [-0.05, 0) is 109 Å². The Labute approximate surface area is 346 Å². The van der Waals surface area contributed by atoms with Crippen molar-refractivity contribution in [1.29, 1.82) is 0 Å². The second-order valence-corrected chi connectivity index (χ2v) is 10.5. The molecule has 0 N–H and O–H groups in total. The van der Waals surface area contributed by atoms with Crippen molar-refractivity contribution >= 4 is 27.8 Å². The maximum absolute atomic E-state index is 10.2. The Morgan fingerprint density at radius 2 is 1.00 bits per heavy atom. The molecule has 9 rings (SSSR count). The van der Waals surface area contributed by atoms with Crippen LogP contribution >= 0.6 is 0 Å². The van der Waals surface area contributed by atoms with Crippen LogP contribution in [0, 0.1) is 0 Å². The van der Waals surface area contributed by atoms with Crippen LogP contribution in [0.2, 0.25) is 0 Å². The molecule has 0 atom stereocenters. The Hall–Kier alpha value is -6.18. The average Bonchev–Trinajstić information content (AvgIpc) is 0.658. The molecule has 50 heavy (non-hydrogen) atoms. The van der Waals surface area contributed by atoms with E-state index < -0.39 is 290 Å². The summed E-state index contributed by atoms with van der Waals surface area (Å²) in [7, 11) is 0. The van der Waals surface area contributed by atoms with Crippen molar-refractivity contribution in [3.05, 3.63) is 198 Å². The fraction of sp³-hybridized carbons (Fsp3) is 0.0612. The molecule has 1 aliphatic carbocycles. The van der Waals surface area contributed by atoms with Crippen LogP contribution in [0.15, 0.2) is 187 Å². The van der Waals surface area contributed by atoms with E-state index in [1.54, 1.807) is 0 Å². The zero-order chi connectivity index (χ0) is 65.6. The Morgan fingerprint density at radius 1 is 0.420 bits per heavy atom. The van der Waals surface area contributed by atoms with E-state index in [9.17, 15) is 19.2 Å². The number of hydrogen-bond acceptors (Lipinski definition) is 1. The van der Waals surface area contributed by atoms with Gasteiger partial charge in [-0.2, -0.15) is 0 Å². The number of benzene rings is 8. The highest BCUT2D eigenvalue weighted by Gasteiger charge is 2.34. The zero-order valence-electron chi connectivity index (χ0n) is 61.9. The zero-order valence-corrected chi connectivity index (χ0v) is 24.9. The lowest BCUT2D eigenvalue weighted by molar-refractivity contribution is 0.645. The lowest BCUT2D eigenvalue weighted by atomic mass is 9.67. The van der Waals surface area contributed by atoms with E-state index in [4.69, 9.17) is 31.5 Å². The van der Waals surface area contributed by atoms with Crippen molar-refractivity contribution in [2.45, 2.75) is 19.1 Å². The minimum Gasteiger partial charge on any atom is -0.310 e. The summed E-state index contributed by atoms with van der Waals surface area (Å²) in [5, 5.41) is -2.00. The summed E-state index contributed by atoms with van der Waals surface area (Å²) in [6.45, 7) is -8.29. The first-order valence-corrected chi connectivity index (χ1v) is 14.4. The normalized spacial score (nSPS) is 23.7. The van der Waals surface area contributed by atoms with Gasteiger partial charge in [0.1, 0.15) is 0 Å². The molecule has 8 aromatic carbocycles. The molecular formula is C49H37N. The number of fused-ring (bicyclic) bond motifs is 2. The van der Waals surface area contributed by atoms with Crippen LogP contribution in [0.5, 0.6) is 0 Å². The second-order valence-electron chi connectivity index (χ2n) is 10.5. The molecule has 0 unspecified atom stereocenters. The van der Waals surface area contributed by atoms with Gasteiger partial charge in [-0.1, -0.05) is 159 Å². The van der Waals surface area contributed by atoms with Crippen molar-refractivity contribution in [3.8, 4) is 44.5 Å². The van der Waals surface area contributed by atoms with E-state index >= 15 is 0 Å². The molecule has 0 aliphatic heterocycles. The van der Waals surface area contributed by atoms with E-state index in [-0.39, 0.29) is 4.90 Å². The predicted octanol–water partition coefficient (Wildman–Crippen LogP) is 13.6. The highest BCUT2D eigenvalue weighted by Crippen LogP contribution is 2.52. The molecule has 1 aliphatic rings. The summed E-state index contributed by atoms with van der Waals surface area (Å²) in [4.78, 5) is 0.194. The summed E-state index contributed by atoms with van der Waals surface area (Å²) in [6, 6.07) is -38.1. The summed E-state index contributed by atoms with van der Waals surface area (Å²) in [5.41, 5.74) is -19.2. The SMILES string of the molecule is [2H]c1c([2H])c([2H])c(-c2c([2H])c([2H])c(N(c3c([2H])c([2H])c([2H])c([2H])c3[2H])c3c([2H])c([2H])c([2H])c(-c4c([2H])c([2H])c5c(c4[2H])-c4c(-c6c([2H])c([2H])c([2H])c([2H])c6[2H])c([2H])c([2H])c6c([2H])c([2H])c([2H])c(c46)C5(C([2H])([2H])[2H])C([2H])([2H])[2H])c3[2H])c([2H])c2[2H])c([2H])c1[2H]. The van der Waals surface area contributed by atoms with Crippen LogP contribution < -0.4 is 4.90 Å². The van der Waals surface area contributed by atoms with E-state index in [0.717, 1.165) is 0 Å². The largest absolute Gasteiger partial charge is 0.310 e. The number of anilines is 3. The topological polar surface area (TPSA) is 3.24 Å². The third kappa shape index (κ3) is 5.02. The van der Waals surface area contributed by atoms with Crippen LogP contribution in [0.4, 0.5) is 17.1 Å². The van der Waals surface area contributed by atoms with Gasteiger partial charge in [0.2, 0.25) is 0 Å². The molecule has 1 nitrogen and oxygen atoms in total. The monoisotopic (exact) mass is 677 g/mol. The third-order valence-corrected chi connectivity index (χ3v) is 7.63. The minimum absolute atomic E-state index is 0.194. The number of hydrogen-bond donors (Lipinski definition) is 0. The van der Waals surface area contributed by atoms with Gasteiger partial charge in [0.15, 0.2) is 0 Å². The van der Waals surface area contributed by atoms with Crippen LogP contribution in [0.1, 0.15) is 75.5 Å². The Morgan fingerprint density at radius 3 is 1.74 bits per heavy atom. The van der Waals surface area contributed by atoms with Crippen LogP contribution in [0.25, 0.3) is 55.3 Å². The standard InChI is InChI=1S/C49H37N/c1-49(2)45-31-27-39(33-44(45)48-43(36-16-8-4-9-17-36)30-26-37-18-13-23-46(49)47(37)48)38-19-12-22-42(32-38)50(40-20-10-5-11-21-40)41-28-24-35(25-29-41)34-14-6-3-7-15-34/h3-33H,1-2H3/i1D3,2D3,3D,4D,5D,6D,7D,8D,9D,10D,11D,12D,13D,14D,15D,16D,17D,18D,19D,20D,21D,22D,23D,24D,25D,26D,27D,28D,29D,30D,31D,32D,33D. The molecule has 1 heteroatoms. The van der Waals surface area contributed by atoms with Gasteiger partial charge >= 0.3 is 0 Å². The molecule has 8 aromatic rings. The summed E-state index contributed by atoms with van der Waals surface area (Å²) >= 11 is 0. The smallest absolute Gasteiger partial charge is 0.0651 e. The van der Waals surface area contributed by atoms with Gasteiger partial charge in [-0.15, -0.1) is 0 Å². The molecule has 0 spiro atoms. The highest BCUT2D eigenvalue weighted by molar-refractivity contribution is 6.09. The van der Waals surface area contributed by atoms with Gasteiger partial charge in [0, 0.05) is 30.7 Å². The van der Waals surface area contributed by atoms with Crippen molar-refractivity contribution in [2.24, 2.45) is 0 Å². The van der Waals surface area contributed by atoms with Gasteiger partial charge in [0.05, 0.1) is 42.5 Å². The Balaban J connectivity index is 1.57. The fourth-order valence-electron chi connectivity index (χ4n) is 5.46. The first-order chi connectivity index (χ1) is 40.0. The number of rotatable bonds is 6. The minimum atomic E-state index is -4.15. The van der Waals surface area contributed by atoms with E-state index in [1.165, 1.54) is 0 Å². The van der Waals surface area contributed by atoms with E-state index in [1.807, 2.05) is 0 Å². The van der Waals surface area contributed by atoms with Gasteiger partial charge in [0.25, 0.3) is 0 Å². The van der Waals surface area contributed by atoms with E-state index in [0.29, 0.717) is 0 Å². The summed E-state index contributed by atoms with van der Waals surface area (Å²) in [6.07, 6.45) is 0. The number of para-hydroxylation sites is 1. The molecule has 0 fully saturated rings. The highest BCUT2D eigenvalue weighted by atomic mass is 15.1. The molecule has 0 saturated heterocycles. The van der Waals surface area contributed by atoms with Crippen LogP contribution in [-0.4, -0.2) is 0 Å². The van der Waals surface area contributed by atoms with Crippen molar-refractivity contribution in [1.82, 2.24) is 0 Å². The maximum atomic E-state index is 10.2. The second kappa shape index (κ2) is 12.1. The predicted molar refractivity (Wildman–Crippen MR) is 213 cm³/mol. The quantitative estimate of drug-likeness (QED) is 0.169. The lowest BCUT2D eigenvalue weighted by Gasteiger charge is -2.36. The van der Waals surface area contributed by atoms with Gasteiger partial charge in [-0.3, -0.25) is 0 Å². The summed E-state index contributed by atoms with van der Waals surface area (Å²) < 4.78 is 335. The number of nitrogens with zero attached hydrogens (tertiary/aromatic N) is 1. The molecular weight excluding hydrogens is 603 g/mol. The Kier molecular flexibility index (Phi) is 2.46. The summed E-state index contributed by atoms with van der Waals surface area (Å²) in [5.74, 6) is 0. The fourth-order valence-corrected chi connectivity index (χ4v) is 5.46. The van der Waals surface area contributed by atoms with Gasteiger partial charge < -0.3 is 4.90 Å². The molecule has 0 radical (unpaired) electrons. The molecule has 0 bridgehead atoms. The van der Waals surface area contributed by atoms with Crippen molar-refractivity contribution in [3.63, 3.8) is 0 Å². The Bertz CT molecular complexity index is 4370. The maximum Gasteiger partial charge on any atom is 0.0651 e.